The lowest BCUT2D eigenvalue weighted by atomic mass is 10.2. The Bertz CT molecular complexity index is 980. The monoisotopic (exact) mass is 427 g/mol. The zero-order valence-electron chi connectivity index (χ0n) is 15.2. The van der Waals surface area contributed by atoms with Crippen LogP contribution in [-0.2, 0) is 11.0 Å². The van der Waals surface area contributed by atoms with Crippen molar-refractivity contribution in [1.82, 2.24) is 19.7 Å². The van der Waals surface area contributed by atoms with Gasteiger partial charge in [0.2, 0.25) is 5.91 Å². The smallest absolute Gasteiger partial charge is 0.365 e. The Kier molecular flexibility index (Phi) is 4.97. The van der Waals surface area contributed by atoms with Crippen molar-refractivity contribution in [2.75, 3.05) is 31.1 Å². The molecule has 0 aromatic carbocycles. The highest BCUT2D eigenvalue weighted by molar-refractivity contribution is 6.33. The molecule has 1 aliphatic carbocycles. The van der Waals surface area contributed by atoms with Crippen LogP contribution in [0.4, 0.5) is 18.9 Å². The minimum Gasteiger partial charge on any atom is -0.365 e. The molecule has 0 radical (unpaired) electrons. The van der Waals surface area contributed by atoms with Crippen LogP contribution in [0.1, 0.15) is 18.4 Å². The van der Waals surface area contributed by atoms with E-state index in [0.717, 1.165) is 29.7 Å². The fourth-order valence-electron chi connectivity index (χ4n) is 3.24. The zero-order chi connectivity index (χ0) is 20.8. The second-order valence-corrected chi connectivity index (χ2v) is 7.43. The maximum atomic E-state index is 12.7. The molecule has 0 spiro atoms. The summed E-state index contributed by atoms with van der Waals surface area (Å²) in [4.78, 5) is 32.1. The van der Waals surface area contributed by atoms with Gasteiger partial charge in [0.15, 0.2) is 5.82 Å². The average Bonchev–Trinajstić information content (AvgIpc) is 3.54. The molecule has 0 N–H and O–H groups in total. The molecule has 1 aliphatic heterocycles. The molecule has 2 fully saturated rings. The molecule has 11 heteroatoms. The minimum absolute atomic E-state index is 0.0590. The normalized spacial score (nSPS) is 17.5. The highest BCUT2D eigenvalue weighted by Gasteiger charge is 2.35. The van der Waals surface area contributed by atoms with Crippen LogP contribution in [0.2, 0.25) is 5.02 Å². The van der Waals surface area contributed by atoms with E-state index in [9.17, 15) is 22.8 Å². The molecular weight excluding hydrogens is 411 g/mol. The second-order valence-electron chi connectivity index (χ2n) is 7.05. The van der Waals surface area contributed by atoms with Gasteiger partial charge in [0.1, 0.15) is 5.02 Å². The van der Waals surface area contributed by atoms with Crippen molar-refractivity contribution < 1.29 is 18.0 Å². The molecule has 1 amide bonds. The van der Waals surface area contributed by atoms with Gasteiger partial charge in [-0.25, -0.2) is 4.98 Å². The van der Waals surface area contributed by atoms with Gasteiger partial charge in [0.25, 0.3) is 5.56 Å². The molecule has 0 atom stereocenters. The molecule has 29 heavy (non-hydrogen) atoms. The first kappa shape index (κ1) is 19.7. The van der Waals surface area contributed by atoms with E-state index in [1.165, 1.54) is 6.20 Å². The standard InChI is InChI=1S/C18H17ClF3N5O2/c19-15-13(25-5-7-26(8-6-25)16(28)11-1-2-11)10-24-27(17(15)29)14-4-3-12(9-23-14)18(20,21)22/h3-4,9-11H,1-2,5-8H2. The molecule has 1 saturated carbocycles. The van der Waals surface area contributed by atoms with Crippen LogP contribution in [0.15, 0.2) is 29.3 Å². The third-order valence-corrected chi connectivity index (χ3v) is 5.41. The van der Waals surface area contributed by atoms with Gasteiger partial charge in [-0.1, -0.05) is 11.6 Å². The molecule has 3 heterocycles. The molecule has 4 rings (SSSR count). The molecule has 154 valence electrons. The van der Waals surface area contributed by atoms with E-state index >= 15 is 0 Å². The summed E-state index contributed by atoms with van der Waals surface area (Å²) in [7, 11) is 0. The summed E-state index contributed by atoms with van der Waals surface area (Å²) < 4.78 is 38.9. The van der Waals surface area contributed by atoms with E-state index < -0.39 is 17.3 Å². The van der Waals surface area contributed by atoms with Gasteiger partial charge in [-0.15, -0.1) is 0 Å². The van der Waals surface area contributed by atoms with Gasteiger partial charge in [0.05, 0.1) is 17.4 Å². The Morgan fingerprint density at radius 3 is 2.34 bits per heavy atom. The van der Waals surface area contributed by atoms with E-state index in [1.807, 2.05) is 9.80 Å². The Hall–Kier alpha value is -2.62. The highest BCUT2D eigenvalue weighted by atomic mass is 35.5. The van der Waals surface area contributed by atoms with Crippen molar-refractivity contribution >= 4 is 23.2 Å². The first-order chi connectivity index (χ1) is 13.8. The minimum atomic E-state index is -4.52. The van der Waals surface area contributed by atoms with Crippen molar-refractivity contribution in [3.8, 4) is 5.82 Å². The summed E-state index contributed by atoms with van der Waals surface area (Å²) in [6.07, 6.45) is -0.590. The maximum absolute atomic E-state index is 12.7. The summed E-state index contributed by atoms with van der Waals surface area (Å²) in [5.74, 6) is 0.279. The largest absolute Gasteiger partial charge is 0.417 e. The van der Waals surface area contributed by atoms with E-state index in [1.54, 1.807) is 0 Å². The van der Waals surface area contributed by atoms with Gasteiger partial charge in [0, 0.05) is 38.3 Å². The third-order valence-electron chi connectivity index (χ3n) is 5.05. The SMILES string of the molecule is O=C(C1CC1)N1CCN(c2cnn(-c3ccc(C(F)(F)F)cn3)c(=O)c2Cl)CC1. The number of carbonyl (C=O) groups excluding carboxylic acids is 1. The van der Waals surface area contributed by atoms with Gasteiger partial charge in [-0.05, 0) is 25.0 Å². The number of amides is 1. The number of aromatic nitrogens is 3. The average molecular weight is 428 g/mol. The Balaban J connectivity index is 1.52. The summed E-state index contributed by atoms with van der Waals surface area (Å²) in [6.45, 7) is 2.11. The zero-order valence-corrected chi connectivity index (χ0v) is 15.9. The van der Waals surface area contributed by atoms with Gasteiger partial charge < -0.3 is 9.80 Å². The van der Waals surface area contributed by atoms with Crippen molar-refractivity contribution in [3.63, 3.8) is 0 Å². The lowest BCUT2D eigenvalue weighted by Crippen LogP contribution is -2.49. The maximum Gasteiger partial charge on any atom is 0.417 e. The number of pyridine rings is 1. The number of halogens is 4. The second kappa shape index (κ2) is 7.33. The van der Waals surface area contributed by atoms with Crippen LogP contribution in [0.25, 0.3) is 5.82 Å². The Morgan fingerprint density at radius 1 is 1.10 bits per heavy atom. The van der Waals surface area contributed by atoms with Crippen LogP contribution in [0, 0.1) is 5.92 Å². The van der Waals surface area contributed by atoms with Gasteiger partial charge >= 0.3 is 6.18 Å². The number of anilines is 1. The predicted molar refractivity (Wildman–Crippen MR) is 99.2 cm³/mol. The molecule has 2 aliphatic rings. The lowest BCUT2D eigenvalue weighted by Gasteiger charge is -2.36. The first-order valence-electron chi connectivity index (χ1n) is 9.11. The van der Waals surface area contributed by atoms with Crippen LogP contribution in [0.5, 0.6) is 0 Å². The summed E-state index contributed by atoms with van der Waals surface area (Å²) >= 11 is 6.24. The van der Waals surface area contributed by atoms with Crippen LogP contribution in [0.3, 0.4) is 0 Å². The molecular formula is C18H17ClF3N5O2. The number of hydrogen-bond acceptors (Lipinski definition) is 5. The third kappa shape index (κ3) is 3.93. The fourth-order valence-corrected chi connectivity index (χ4v) is 3.49. The molecule has 7 nitrogen and oxygen atoms in total. The van der Waals surface area contributed by atoms with Crippen LogP contribution >= 0.6 is 11.6 Å². The van der Waals surface area contributed by atoms with Crippen LogP contribution in [-0.4, -0.2) is 51.8 Å². The van der Waals surface area contributed by atoms with E-state index in [4.69, 9.17) is 11.6 Å². The quantitative estimate of drug-likeness (QED) is 0.752. The number of rotatable bonds is 3. The number of carbonyl (C=O) groups is 1. The topological polar surface area (TPSA) is 71.3 Å². The van der Waals surface area contributed by atoms with Crippen molar-refractivity contribution in [3.05, 3.63) is 45.5 Å². The highest BCUT2D eigenvalue weighted by Crippen LogP contribution is 2.32. The van der Waals surface area contributed by atoms with E-state index in [2.05, 4.69) is 10.1 Å². The number of hydrogen-bond donors (Lipinski definition) is 0. The van der Waals surface area contributed by atoms with Crippen molar-refractivity contribution in [2.45, 2.75) is 19.0 Å². The molecule has 2 aromatic rings. The lowest BCUT2D eigenvalue weighted by molar-refractivity contribution is -0.137. The Labute approximate surface area is 168 Å². The molecule has 2 aromatic heterocycles. The number of nitrogens with zero attached hydrogens (tertiary/aromatic N) is 5. The Morgan fingerprint density at radius 2 is 1.79 bits per heavy atom. The van der Waals surface area contributed by atoms with Crippen LogP contribution < -0.4 is 10.5 Å². The van der Waals surface area contributed by atoms with Gasteiger partial charge in [-0.2, -0.15) is 23.0 Å². The van der Waals surface area contributed by atoms with Gasteiger partial charge in [-0.3, -0.25) is 9.59 Å². The summed E-state index contributed by atoms with van der Waals surface area (Å²) in [5, 5.41) is 3.93. The van der Waals surface area contributed by atoms with Crippen molar-refractivity contribution in [1.29, 1.82) is 0 Å². The molecule has 0 unspecified atom stereocenters. The van der Waals surface area contributed by atoms with E-state index in [-0.39, 0.29) is 22.7 Å². The number of piperazine rings is 1. The first-order valence-corrected chi connectivity index (χ1v) is 9.48. The fraction of sp³-hybridized carbons (Fsp3) is 0.444. The van der Waals surface area contributed by atoms with Crippen molar-refractivity contribution in [2.24, 2.45) is 5.92 Å². The number of alkyl halides is 3. The molecule has 1 saturated heterocycles. The predicted octanol–water partition coefficient (Wildman–Crippen LogP) is 2.36. The van der Waals surface area contributed by atoms with E-state index in [0.29, 0.717) is 38.1 Å². The summed E-state index contributed by atoms with van der Waals surface area (Å²) in [6, 6.07) is 1.89. The summed E-state index contributed by atoms with van der Waals surface area (Å²) in [5.41, 5.74) is -1.16. The molecule has 0 bridgehead atoms.